The van der Waals surface area contributed by atoms with Gasteiger partial charge in [0.2, 0.25) is 5.91 Å². The molecule has 1 fully saturated rings. The van der Waals surface area contributed by atoms with E-state index in [4.69, 9.17) is 5.73 Å². The lowest BCUT2D eigenvalue weighted by Gasteiger charge is -2.17. The highest BCUT2D eigenvalue weighted by molar-refractivity contribution is 5.78. The third-order valence-corrected chi connectivity index (χ3v) is 3.65. The van der Waals surface area contributed by atoms with Gasteiger partial charge < -0.3 is 11.1 Å². The highest BCUT2D eigenvalue weighted by atomic mass is 16.1. The summed E-state index contributed by atoms with van der Waals surface area (Å²) < 4.78 is 0. The summed E-state index contributed by atoms with van der Waals surface area (Å²) in [6.45, 7) is 10.0. The van der Waals surface area contributed by atoms with Crippen LogP contribution in [0.25, 0.3) is 0 Å². The second-order valence-corrected chi connectivity index (χ2v) is 6.20. The van der Waals surface area contributed by atoms with Gasteiger partial charge in [0, 0.05) is 13.1 Å². The molecule has 3 N–H and O–H groups in total. The second-order valence-electron chi connectivity index (χ2n) is 6.20. The van der Waals surface area contributed by atoms with Crippen molar-refractivity contribution in [2.75, 3.05) is 13.1 Å². The Hall–Kier alpha value is -0.570. The summed E-state index contributed by atoms with van der Waals surface area (Å²) in [5, 5.41) is 3.04. The van der Waals surface area contributed by atoms with Crippen molar-refractivity contribution in [2.45, 2.75) is 40.5 Å². The van der Waals surface area contributed by atoms with Gasteiger partial charge in [-0.2, -0.15) is 0 Å². The van der Waals surface area contributed by atoms with Crippen molar-refractivity contribution < 1.29 is 4.79 Å². The molecule has 1 saturated carbocycles. The fraction of sp³-hybridized carbons (Fsp3) is 0.923. The first-order chi connectivity index (χ1) is 7.36. The zero-order chi connectivity index (χ0) is 12.3. The van der Waals surface area contributed by atoms with E-state index in [1.807, 2.05) is 0 Å². The predicted molar refractivity (Wildman–Crippen MR) is 66.9 cm³/mol. The van der Waals surface area contributed by atoms with Crippen molar-refractivity contribution in [3.05, 3.63) is 0 Å². The molecule has 0 aromatic heterocycles. The number of hydrogen-bond donors (Lipinski definition) is 2. The minimum Gasteiger partial charge on any atom is -0.356 e. The van der Waals surface area contributed by atoms with Gasteiger partial charge in [-0.15, -0.1) is 0 Å². The highest BCUT2D eigenvalue weighted by Crippen LogP contribution is 2.50. The van der Waals surface area contributed by atoms with Crippen molar-refractivity contribution in [2.24, 2.45) is 28.9 Å². The molecule has 3 nitrogen and oxygen atoms in total. The van der Waals surface area contributed by atoms with E-state index in [2.05, 4.69) is 33.0 Å². The summed E-state index contributed by atoms with van der Waals surface area (Å²) in [4.78, 5) is 11.9. The van der Waals surface area contributed by atoms with E-state index in [1.54, 1.807) is 0 Å². The van der Waals surface area contributed by atoms with Crippen molar-refractivity contribution in [3.63, 3.8) is 0 Å². The molecule has 2 atom stereocenters. The molecule has 3 heteroatoms. The molecule has 0 saturated heterocycles. The van der Waals surface area contributed by atoms with E-state index >= 15 is 0 Å². The topological polar surface area (TPSA) is 55.1 Å². The smallest absolute Gasteiger partial charge is 0.224 e. The third kappa shape index (κ3) is 3.78. The Morgan fingerprint density at radius 1 is 1.50 bits per heavy atom. The minimum atomic E-state index is -0.0122. The average Bonchev–Trinajstić information content (AvgIpc) is 2.79. The number of carbonyl (C=O) groups is 1. The summed E-state index contributed by atoms with van der Waals surface area (Å²) in [6.07, 6.45) is 2.11. The van der Waals surface area contributed by atoms with Gasteiger partial charge in [-0.05, 0) is 30.1 Å². The van der Waals surface area contributed by atoms with Crippen LogP contribution in [0, 0.1) is 23.2 Å². The molecule has 0 aromatic rings. The highest BCUT2D eigenvalue weighted by Gasteiger charge is 2.45. The standard InChI is InChI=1S/C13H26N2O/c1-9(2)5-10(7-14)12(16)15-8-11-6-13(11,3)4/h9-11H,5-8,14H2,1-4H3,(H,15,16). The maximum atomic E-state index is 11.9. The first kappa shape index (κ1) is 13.5. The summed E-state index contributed by atoms with van der Waals surface area (Å²) in [5.41, 5.74) is 6.07. The maximum Gasteiger partial charge on any atom is 0.224 e. The van der Waals surface area contributed by atoms with Crippen LogP contribution in [-0.2, 0) is 4.79 Å². The normalized spacial score (nSPS) is 24.2. The number of amides is 1. The summed E-state index contributed by atoms with van der Waals surface area (Å²) >= 11 is 0. The van der Waals surface area contributed by atoms with Crippen LogP contribution in [0.3, 0.4) is 0 Å². The zero-order valence-corrected chi connectivity index (χ0v) is 11.0. The van der Waals surface area contributed by atoms with Gasteiger partial charge in [-0.1, -0.05) is 27.7 Å². The summed E-state index contributed by atoms with van der Waals surface area (Å²) in [7, 11) is 0. The molecule has 0 heterocycles. The van der Waals surface area contributed by atoms with E-state index in [0.29, 0.717) is 23.8 Å². The Morgan fingerprint density at radius 2 is 2.06 bits per heavy atom. The lowest BCUT2D eigenvalue weighted by molar-refractivity contribution is -0.125. The Balaban J connectivity index is 2.27. The molecule has 0 aromatic carbocycles. The average molecular weight is 226 g/mol. The van der Waals surface area contributed by atoms with Gasteiger partial charge in [-0.25, -0.2) is 0 Å². The Kier molecular flexibility index (Phi) is 4.36. The molecule has 1 amide bonds. The quantitative estimate of drug-likeness (QED) is 0.725. The lowest BCUT2D eigenvalue weighted by Crippen LogP contribution is -2.37. The second kappa shape index (κ2) is 5.17. The van der Waals surface area contributed by atoms with Gasteiger partial charge in [-0.3, -0.25) is 4.79 Å². The molecule has 0 radical (unpaired) electrons. The van der Waals surface area contributed by atoms with E-state index in [9.17, 15) is 4.79 Å². The van der Waals surface area contributed by atoms with Crippen LogP contribution in [0.5, 0.6) is 0 Å². The number of nitrogens with one attached hydrogen (secondary N) is 1. The molecule has 0 bridgehead atoms. The van der Waals surface area contributed by atoms with E-state index in [-0.39, 0.29) is 11.8 Å². The molecule has 94 valence electrons. The first-order valence-electron chi connectivity index (χ1n) is 6.34. The van der Waals surface area contributed by atoms with Crippen molar-refractivity contribution in [1.82, 2.24) is 5.32 Å². The molecule has 1 rings (SSSR count). The number of nitrogens with two attached hydrogens (primary N) is 1. The Morgan fingerprint density at radius 3 is 2.44 bits per heavy atom. The minimum absolute atomic E-state index is 0.0122. The molecule has 16 heavy (non-hydrogen) atoms. The van der Waals surface area contributed by atoms with Gasteiger partial charge in [0.25, 0.3) is 0 Å². The summed E-state index contributed by atoms with van der Waals surface area (Å²) in [5.74, 6) is 1.31. The van der Waals surface area contributed by atoms with Crippen molar-refractivity contribution in [1.29, 1.82) is 0 Å². The molecular formula is C13H26N2O. The molecular weight excluding hydrogens is 200 g/mol. The van der Waals surface area contributed by atoms with Crippen LogP contribution in [0.15, 0.2) is 0 Å². The van der Waals surface area contributed by atoms with Gasteiger partial charge in [0.05, 0.1) is 5.92 Å². The van der Waals surface area contributed by atoms with E-state index in [0.717, 1.165) is 13.0 Å². The fourth-order valence-corrected chi connectivity index (χ4v) is 2.17. The molecule has 0 spiro atoms. The lowest BCUT2D eigenvalue weighted by atomic mass is 9.96. The van der Waals surface area contributed by atoms with Crippen LogP contribution >= 0.6 is 0 Å². The number of carbonyl (C=O) groups excluding carboxylic acids is 1. The van der Waals surface area contributed by atoms with Crippen LogP contribution in [0.2, 0.25) is 0 Å². The Labute approximate surface area is 99.2 Å². The van der Waals surface area contributed by atoms with E-state index in [1.165, 1.54) is 6.42 Å². The largest absolute Gasteiger partial charge is 0.356 e. The number of rotatable bonds is 6. The van der Waals surface area contributed by atoms with Crippen molar-refractivity contribution in [3.8, 4) is 0 Å². The van der Waals surface area contributed by atoms with Crippen LogP contribution in [-0.4, -0.2) is 19.0 Å². The van der Waals surface area contributed by atoms with Gasteiger partial charge in [0.15, 0.2) is 0 Å². The van der Waals surface area contributed by atoms with Crippen LogP contribution in [0.1, 0.15) is 40.5 Å². The van der Waals surface area contributed by atoms with E-state index < -0.39 is 0 Å². The molecule has 2 unspecified atom stereocenters. The van der Waals surface area contributed by atoms with Crippen molar-refractivity contribution >= 4 is 5.91 Å². The third-order valence-electron chi connectivity index (χ3n) is 3.65. The van der Waals surface area contributed by atoms with Gasteiger partial charge in [0.1, 0.15) is 0 Å². The summed E-state index contributed by atoms with van der Waals surface area (Å²) in [6, 6.07) is 0. The molecule has 1 aliphatic rings. The van der Waals surface area contributed by atoms with Crippen LogP contribution in [0.4, 0.5) is 0 Å². The first-order valence-corrected chi connectivity index (χ1v) is 6.34. The fourth-order valence-electron chi connectivity index (χ4n) is 2.17. The Bertz CT molecular complexity index is 248. The maximum absolute atomic E-state index is 11.9. The number of hydrogen-bond acceptors (Lipinski definition) is 2. The molecule has 1 aliphatic carbocycles. The monoisotopic (exact) mass is 226 g/mol. The zero-order valence-electron chi connectivity index (χ0n) is 11.0. The molecule has 0 aliphatic heterocycles. The SMILES string of the molecule is CC(C)CC(CN)C(=O)NCC1CC1(C)C. The predicted octanol–water partition coefficient (Wildman–Crippen LogP) is 1.77. The van der Waals surface area contributed by atoms with Gasteiger partial charge >= 0.3 is 0 Å². The van der Waals surface area contributed by atoms with Crippen LogP contribution < -0.4 is 11.1 Å².